The molecule has 0 spiro atoms. The maximum atomic E-state index is 12.3. The molecule has 2 amide bonds. The molecule has 0 fully saturated rings. The third-order valence-corrected chi connectivity index (χ3v) is 3.30. The van der Waals surface area contributed by atoms with E-state index in [9.17, 15) is 19.5 Å². The van der Waals surface area contributed by atoms with Crippen molar-refractivity contribution in [2.24, 2.45) is 5.92 Å². The number of aliphatic carboxylic acids is 1. The van der Waals surface area contributed by atoms with Crippen molar-refractivity contribution in [2.75, 3.05) is 0 Å². The van der Waals surface area contributed by atoms with Gasteiger partial charge in [-0.1, -0.05) is 44.2 Å². The molecular formula is C17H24N2O4. The van der Waals surface area contributed by atoms with Gasteiger partial charge in [0.1, 0.15) is 12.1 Å². The fourth-order valence-corrected chi connectivity index (χ4v) is 2.27. The van der Waals surface area contributed by atoms with Crippen LogP contribution in [0.15, 0.2) is 30.3 Å². The largest absolute Gasteiger partial charge is 0.480 e. The van der Waals surface area contributed by atoms with E-state index in [4.69, 9.17) is 0 Å². The molecule has 1 aromatic rings. The number of rotatable bonds is 8. The Morgan fingerprint density at radius 3 is 2.13 bits per heavy atom. The number of carboxylic acids is 1. The molecule has 6 heteroatoms. The van der Waals surface area contributed by atoms with Crippen LogP contribution in [0.25, 0.3) is 0 Å². The van der Waals surface area contributed by atoms with E-state index in [0.717, 1.165) is 5.56 Å². The molecule has 0 bridgehead atoms. The topological polar surface area (TPSA) is 95.5 Å². The van der Waals surface area contributed by atoms with E-state index in [0.29, 0.717) is 6.42 Å². The zero-order valence-corrected chi connectivity index (χ0v) is 13.7. The monoisotopic (exact) mass is 320 g/mol. The lowest BCUT2D eigenvalue weighted by atomic mass is 10.0. The first-order valence-electron chi connectivity index (χ1n) is 7.63. The van der Waals surface area contributed by atoms with Crippen molar-refractivity contribution >= 4 is 17.8 Å². The third kappa shape index (κ3) is 6.95. The maximum Gasteiger partial charge on any atom is 0.326 e. The Balaban J connectivity index is 2.78. The van der Waals surface area contributed by atoms with Gasteiger partial charge < -0.3 is 15.7 Å². The van der Waals surface area contributed by atoms with Gasteiger partial charge >= 0.3 is 5.97 Å². The van der Waals surface area contributed by atoms with Crippen LogP contribution in [0.5, 0.6) is 0 Å². The lowest BCUT2D eigenvalue weighted by Crippen LogP contribution is -2.52. The predicted molar refractivity (Wildman–Crippen MR) is 86.8 cm³/mol. The molecule has 0 aliphatic rings. The standard InChI is InChI=1S/C17H24N2O4/c1-11(2)9-14(18-12(3)20)16(21)19-15(17(22)23)10-13-7-5-4-6-8-13/h4-8,11,14-15H,9-10H2,1-3H3,(H,18,20)(H,19,21)(H,22,23)/t14-,15+/m0/s1. The number of hydrogen-bond donors (Lipinski definition) is 3. The number of carboxylic acid groups (broad SMARTS) is 1. The summed E-state index contributed by atoms with van der Waals surface area (Å²) < 4.78 is 0. The van der Waals surface area contributed by atoms with Crippen LogP contribution in [-0.4, -0.2) is 35.0 Å². The van der Waals surface area contributed by atoms with Gasteiger partial charge in [-0.3, -0.25) is 9.59 Å². The van der Waals surface area contributed by atoms with E-state index >= 15 is 0 Å². The lowest BCUT2D eigenvalue weighted by molar-refractivity contribution is -0.142. The van der Waals surface area contributed by atoms with Gasteiger partial charge in [0.25, 0.3) is 0 Å². The third-order valence-electron chi connectivity index (χ3n) is 3.30. The van der Waals surface area contributed by atoms with E-state index in [1.165, 1.54) is 6.92 Å². The number of carbonyl (C=O) groups is 3. The average Bonchev–Trinajstić information content (AvgIpc) is 2.45. The second-order valence-corrected chi connectivity index (χ2v) is 5.97. The fraction of sp³-hybridized carbons (Fsp3) is 0.471. The summed E-state index contributed by atoms with van der Waals surface area (Å²) in [4.78, 5) is 35.0. The van der Waals surface area contributed by atoms with Crippen LogP contribution in [0.4, 0.5) is 0 Å². The molecule has 126 valence electrons. The molecule has 0 aliphatic heterocycles. The van der Waals surface area contributed by atoms with Crippen molar-refractivity contribution in [1.29, 1.82) is 0 Å². The number of amides is 2. The molecule has 0 aliphatic carbocycles. The van der Waals surface area contributed by atoms with Gasteiger partial charge in [0.2, 0.25) is 11.8 Å². The molecule has 0 aromatic heterocycles. The second-order valence-electron chi connectivity index (χ2n) is 5.97. The molecule has 0 radical (unpaired) electrons. The summed E-state index contributed by atoms with van der Waals surface area (Å²) >= 11 is 0. The molecule has 0 unspecified atom stereocenters. The Kier molecular flexibility index (Phi) is 7.25. The summed E-state index contributed by atoms with van der Waals surface area (Å²) in [7, 11) is 0. The van der Waals surface area contributed by atoms with Crippen LogP contribution in [0.1, 0.15) is 32.8 Å². The van der Waals surface area contributed by atoms with Gasteiger partial charge in [0, 0.05) is 13.3 Å². The van der Waals surface area contributed by atoms with Crippen LogP contribution in [-0.2, 0) is 20.8 Å². The Morgan fingerprint density at radius 1 is 1.04 bits per heavy atom. The van der Waals surface area contributed by atoms with E-state index in [1.807, 2.05) is 44.2 Å². The summed E-state index contributed by atoms with van der Waals surface area (Å²) in [6, 6.07) is 7.32. The quantitative estimate of drug-likeness (QED) is 0.674. The number of benzene rings is 1. The zero-order valence-electron chi connectivity index (χ0n) is 13.7. The van der Waals surface area contributed by atoms with Gasteiger partial charge in [-0.05, 0) is 17.9 Å². The van der Waals surface area contributed by atoms with Crippen molar-refractivity contribution < 1.29 is 19.5 Å². The first-order valence-corrected chi connectivity index (χ1v) is 7.63. The summed E-state index contributed by atoms with van der Waals surface area (Å²) in [5.74, 6) is -1.71. The Bertz CT molecular complexity index is 543. The highest BCUT2D eigenvalue weighted by atomic mass is 16.4. The Morgan fingerprint density at radius 2 is 1.65 bits per heavy atom. The summed E-state index contributed by atoms with van der Waals surface area (Å²) in [5.41, 5.74) is 0.820. The van der Waals surface area contributed by atoms with Crippen molar-refractivity contribution in [3.8, 4) is 0 Å². The predicted octanol–water partition coefficient (Wildman–Crippen LogP) is 1.35. The lowest BCUT2D eigenvalue weighted by Gasteiger charge is -2.22. The van der Waals surface area contributed by atoms with Crippen molar-refractivity contribution in [2.45, 2.75) is 45.7 Å². The van der Waals surface area contributed by atoms with Crippen molar-refractivity contribution in [3.05, 3.63) is 35.9 Å². The second kappa shape index (κ2) is 8.92. The van der Waals surface area contributed by atoms with E-state index in [-0.39, 0.29) is 18.2 Å². The molecular weight excluding hydrogens is 296 g/mol. The molecule has 1 aromatic carbocycles. The number of carbonyl (C=O) groups excluding carboxylic acids is 2. The maximum absolute atomic E-state index is 12.3. The average molecular weight is 320 g/mol. The van der Waals surface area contributed by atoms with Crippen LogP contribution in [0, 0.1) is 5.92 Å². The van der Waals surface area contributed by atoms with Crippen LogP contribution in [0.3, 0.4) is 0 Å². The van der Waals surface area contributed by atoms with Gasteiger partial charge in [0.05, 0.1) is 0 Å². The molecule has 0 heterocycles. The van der Waals surface area contributed by atoms with Gasteiger partial charge in [0.15, 0.2) is 0 Å². The number of hydrogen-bond acceptors (Lipinski definition) is 3. The first kappa shape index (κ1) is 18.7. The molecule has 6 nitrogen and oxygen atoms in total. The number of nitrogens with one attached hydrogen (secondary N) is 2. The van der Waals surface area contributed by atoms with Crippen molar-refractivity contribution in [1.82, 2.24) is 10.6 Å². The van der Waals surface area contributed by atoms with E-state index in [2.05, 4.69) is 10.6 Å². The minimum atomic E-state index is -1.10. The van der Waals surface area contributed by atoms with Crippen molar-refractivity contribution in [3.63, 3.8) is 0 Å². The highest BCUT2D eigenvalue weighted by Crippen LogP contribution is 2.07. The minimum absolute atomic E-state index is 0.190. The summed E-state index contributed by atoms with van der Waals surface area (Å²) in [6.07, 6.45) is 0.638. The summed E-state index contributed by atoms with van der Waals surface area (Å²) in [5, 5.41) is 14.4. The summed E-state index contributed by atoms with van der Waals surface area (Å²) in [6.45, 7) is 5.20. The normalized spacial score (nSPS) is 13.2. The van der Waals surface area contributed by atoms with Gasteiger partial charge in [-0.15, -0.1) is 0 Å². The molecule has 23 heavy (non-hydrogen) atoms. The SMILES string of the molecule is CC(=O)N[C@@H](CC(C)C)C(=O)N[C@H](Cc1ccccc1)C(=O)O. The molecule has 0 saturated carbocycles. The molecule has 2 atom stereocenters. The van der Waals surface area contributed by atoms with E-state index < -0.39 is 24.0 Å². The highest BCUT2D eigenvalue weighted by molar-refractivity contribution is 5.90. The molecule has 0 saturated heterocycles. The van der Waals surface area contributed by atoms with Crippen LogP contribution in [0.2, 0.25) is 0 Å². The van der Waals surface area contributed by atoms with Gasteiger partial charge in [-0.25, -0.2) is 4.79 Å². The molecule has 1 rings (SSSR count). The Labute approximate surface area is 136 Å². The smallest absolute Gasteiger partial charge is 0.326 e. The van der Waals surface area contributed by atoms with Gasteiger partial charge in [-0.2, -0.15) is 0 Å². The first-order chi connectivity index (χ1) is 10.8. The fourth-order valence-electron chi connectivity index (χ4n) is 2.27. The Hall–Kier alpha value is -2.37. The molecule has 3 N–H and O–H groups in total. The van der Waals surface area contributed by atoms with Crippen LogP contribution < -0.4 is 10.6 Å². The highest BCUT2D eigenvalue weighted by Gasteiger charge is 2.26. The zero-order chi connectivity index (χ0) is 17.4. The van der Waals surface area contributed by atoms with E-state index in [1.54, 1.807) is 0 Å². The van der Waals surface area contributed by atoms with Crippen LogP contribution >= 0.6 is 0 Å². The minimum Gasteiger partial charge on any atom is -0.480 e.